The summed E-state index contributed by atoms with van der Waals surface area (Å²) in [6.07, 6.45) is 3.47. The second-order valence-electron chi connectivity index (χ2n) is 7.62. The van der Waals surface area contributed by atoms with Crippen molar-refractivity contribution in [3.05, 3.63) is 90.3 Å². The molecule has 0 radical (unpaired) electrons. The van der Waals surface area contributed by atoms with E-state index in [2.05, 4.69) is 58.6 Å². The standard InChI is InChI=1S/C25H25N5OS/c1-18-8-10-22(11-9-18)30-24(21-12-14-26-15-13-21)28-29-25(30)32-17-23(31)27-16-19(2)20-6-4-3-5-7-20/h3-15,19H,16-17H2,1-2H3,(H,27,31)/t19-/m1/s1. The molecule has 0 aliphatic heterocycles. The van der Waals surface area contributed by atoms with E-state index in [1.54, 1.807) is 12.4 Å². The summed E-state index contributed by atoms with van der Waals surface area (Å²) >= 11 is 1.38. The molecule has 0 bridgehead atoms. The van der Waals surface area contributed by atoms with Gasteiger partial charge in [0, 0.05) is 30.2 Å². The zero-order valence-corrected chi connectivity index (χ0v) is 18.9. The minimum atomic E-state index is -0.0262. The van der Waals surface area contributed by atoms with Gasteiger partial charge in [0.2, 0.25) is 5.91 Å². The number of nitrogens with zero attached hydrogens (tertiary/aromatic N) is 4. The summed E-state index contributed by atoms with van der Waals surface area (Å²) in [6.45, 7) is 4.75. The predicted octanol–water partition coefficient (Wildman–Crippen LogP) is 4.65. The van der Waals surface area contributed by atoms with Gasteiger partial charge in [-0.25, -0.2) is 0 Å². The summed E-state index contributed by atoms with van der Waals surface area (Å²) in [4.78, 5) is 16.6. The average Bonchev–Trinajstić information content (AvgIpc) is 3.27. The van der Waals surface area contributed by atoms with Crippen molar-refractivity contribution in [2.24, 2.45) is 0 Å². The summed E-state index contributed by atoms with van der Waals surface area (Å²) < 4.78 is 1.99. The highest BCUT2D eigenvalue weighted by molar-refractivity contribution is 7.99. The van der Waals surface area contributed by atoms with E-state index >= 15 is 0 Å². The first-order valence-electron chi connectivity index (χ1n) is 10.5. The fourth-order valence-electron chi connectivity index (χ4n) is 3.33. The third-order valence-electron chi connectivity index (χ3n) is 5.17. The fraction of sp³-hybridized carbons (Fsp3) is 0.200. The van der Waals surface area contributed by atoms with Gasteiger partial charge in [-0.05, 0) is 42.7 Å². The van der Waals surface area contributed by atoms with Gasteiger partial charge >= 0.3 is 0 Å². The van der Waals surface area contributed by atoms with Crippen LogP contribution in [0.15, 0.2) is 84.3 Å². The van der Waals surface area contributed by atoms with E-state index in [4.69, 9.17) is 0 Å². The van der Waals surface area contributed by atoms with E-state index in [1.165, 1.54) is 22.9 Å². The van der Waals surface area contributed by atoms with Gasteiger partial charge in [0.15, 0.2) is 11.0 Å². The van der Waals surface area contributed by atoms with E-state index in [1.807, 2.05) is 47.0 Å². The van der Waals surface area contributed by atoms with Crippen molar-refractivity contribution in [3.63, 3.8) is 0 Å². The van der Waals surface area contributed by atoms with Crippen molar-refractivity contribution in [2.45, 2.75) is 24.9 Å². The Morgan fingerprint density at radius 2 is 1.72 bits per heavy atom. The molecule has 2 aromatic heterocycles. The van der Waals surface area contributed by atoms with E-state index in [0.29, 0.717) is 11.7 Å². The van der Waals surface area contributed by atoms with Crippen LogP contribution in [0.25, 0.3) is 17.1 Å². The maximum Gasteiger partial charge on any atom is 0.230 e. The van der Waals surface area contributed by atoms with Crippen molar-refractivity contribution >= 4 is 17.7 Å². The lowest BCUT2D eigenvalue weighted by Crippen LogP contribution is -2.29. The number of thioether (sulfide) groups is 1. The number of benzene rings is 2. The van der Waals surface area contributed by atoms with E-state index in [0.717, 1.165) is 17.1 Å². The normalized spacial score (nSPS) is 11.8. The molecule has 0 unspecified atom stereocenters. The molecule has 4 rings (SSSR count). The van der Waals surface area contributed by atoms with Crippen LogP contribution in [0.3, 0.4) is 0 Å². The summed E-state index contributed by atoms with van der Waals surface area (Å²) in [5.41, 5.74) is 4.25. The first kappa shape index (κ1) is 21.8. The highest BCUT2D eigenvalue weighted by Crippen LogP contribution is 2.27. The Hall–Kier alpha value is -3.45. The van der Waals surface area contributed by atoms with Crippen LogP contribution in [-0.4, -0.2) is 38.0 Å². The molecule has 32 heavy (non-hydrogen) atoms. The van der Waals surface area contributed by atoms with Gasteiger partial charge in [-0.15, -0.1) is 10.2 Å². The zero-order chi connectivity index (χ0) is 22.3. The molecule has 1 amide bonds. The number of hydrogen-bond donors (Lipinski definition) is 1. The van der Waals surface area contributed by atoms with Gasteiger partial charge in [0.25, 0.3) is 0 Å². The van der Waals surface area contributed by atoms with Crippen molar-refractivity contribution in [3.8, 4) is 17.1 Å². The van der Waals surface area contributed by atoms with Crippen molar-refractivity contribution in [2.75, 3.05) is 12.3 Å². The Bertz CT molecular complexity index is 1160. The van der Waals surface area contributed by atoms with Gasteiger partial charge in [0.05, 0.1) is 5.75 Å². The van der Waals surface area contributed by atoms with Crippen LogP contribution in [0.5, 0.6) is 0 Å². The SMILES string of the molecule is Cc1ccc(-n2c(SCC(=O)NC[C@@H](C)c3ccccc3)nnc2-c2ccncc2)cc1. The quantitative estimate of drug-likeness (QED) is 0.401. The topological polar surface area (TPSA) is 72.7 Å². The van der Waals surface area contributed by atoms with Gasteiger partial charge < -0.3 is 5.32 Å². The number of hydrogen-bond acceptors (Lipinski definition) is 5. The molecule has 7 heteroatoms. The maximum atomic E-state index is 12.5. The van der Waals surface area contributed by atoms with Crippen molar-refractivity contribution < 1.29 is 4.79 Å². The Morgan fingerprint density at radius 1 is 1.00 bits per heavy atom. The first-order chi connectivity index (χ1) is 15.6. The van der Waals surface area contributed by atoms with E-state index < -0.39 is 0 Å². The summed E-state index contributed by atoms with van der Waals surface area (Å²) in [5, 5.41) is 12.5. The van der Waals surface area contributed by atoms with Crippen LogP contribution in [0.2, 0.25) is 0 Å². The third-order valence-corrected chi connectivity index (χ3v) is 6.10. The predicted molar refractivity (Wildman–Crippen MR) is 128 cm³/mol. The van der Waals surface area contributed by atoms with Crippen molar-refractivity contribution in [1.82, 2.24) is 25.1 Å². The molecule has 4 aromatic rings. The molecule has 0 fully saturated rings. The number of aryl methyl sites for hydroxylation is 1. The number of aromatic nitrogens is 4. The van der Waals surface area contributed by atoms with Crippen molar-refractivity contribution in [1.29, 1.82) is 0 Å². The molecule has 0 aliphatic carbocycles. The van der Waals surface area contributed by atoms with Crippen LogP contribution < -0.4 is 5.32 Å². The molecule has 2 heterocycles. The highest BCUT2D eigenvalue weighted by atomic mass is 32.2. The van der Waals surface area contributed by atoms with Gasteiger partial charge in [-0.2, -0.15) is 0 Å². The monoisotopic (exact) mass is 443 g/mol. The lowest BCUT2D eigenvalue weighted by Gasteiger charge is -2.13. The van der Waals surface area contributed by atoms with Crippen LogP contribution in [0.1, 0.15) is 24.0 Å². The molecule has 0 saturated carbocycles. The molecule has 1 N–H and O–H groups in total. The largest absolute Gasteiger partial charge is 0.355 e. The zero-order valence-electron chi connectivity index (χ0n) is 18.1. The number of carbonyl (C=O) groups is 1. The summed E-state index contributed by atoms with van der Waals surface area (Å²) in [7, 11) is 0. The first-order valence-corrected chi connectivity index (χ1v) is 11.5. The molecule has 6 nitrogen and oxygen atoms in total. The minimum Gasteiger partial charge on any atom is -0.355 e. The second-order valence-corrected chi connectivity index (χ2v) is 8.56. The maximum absolute atomic E-state index is 12.5. The third kappa shape index (κ3) is 5.23. The summed E-state index contributed by atoms with van der Waals surface area (Å²) in [6, 6.07) is 22.2. The number of amides is 1. The van der Waals surface area contributed by atoms with Gasteiger partial charge in [-0.1, -0.05) is 66.7 Å². The second kappa shape index (κ2) is 10.2. The van der Waals surface area contributed by atoms with Gasteiger partial charge in [0.1, 0.15) is 0 Å². The molecule has 0 spiro atoms. The molecular formula is C25H25N5OS. The highest BCUT2D eigenvalue weighted by Gasteiger charge is 2.17. The molecule has 0 saturated heterocycles. The lowest BCUT2D eigenvalue weighted by molar-refractivity contribution is -0.118. The number of pyridine rings is 1. The van der Waals surface area contributed by atoms with E-state index in [-0.39, 0.29) is 17.6 Å². The summed E-state index contributed by atoms with van der Waals surface area (Å²) in [5.74, 6) is 1.21. The Labute approximate surface area is 192 Å². The fourth-order valence-corrected chi connectivity index (χ4v) is 4.11. The molecule has 0 aliphatic rings. The van der Waals surface area contributed by atoms with E-state index in [9.17, 15) is 4.79 Å². The molecule has 2 aromatic carbocycles. The Kier molecular flexibility index (Phi) is 6.97. The van der Waals surface area contributed by atoms with Crippen LogP contribution in [0, 0.1) is 6.92 Å². The molecule has 162 valence electrons. The Balaban J connectivity index is 1.48. The van der Waals surface area contributed by atoms with Crippen LogP contribution in [-0.2, 0) is 4.79 Å². The van der Waals surface area contributed by atoms with Crippen LogP contribution in [0.4, 0.5) is 0 Å². The average molecular weight is 444 g/mol. The number of carbonyl (C=O) groups excluding carboxylic acids is 1. The Morgan fingerprint density at radius 3 is 2.44 bits per heavy atom. The molecular weight excluding hydrogens is 418 g/mol. The number of nitrogens with one attached hydrogen (secondary N) is 1. The minimum absolute atomic E-state index is 0.0262. The molecule has 1 atom stereocenters. The van der Waals surface area contributed by atoms with Gasteiger partial charge in [-0.3, -0.25) is 14.3 Å². The number of rotatable bonds is 8. The van der Waals surface area contributed by atoms with Crippen LogP contribution >= 0.6 is 11.8 Å². The lowest BCUT2D eigenvalue weighted by atomic mass is 10.0. The smallest absolute Gasteiger partial charge is 0.230 e.